The van der Waals surface area contributed by atoms with E-state index < -0.39 is 0 Å². The highest BCUT2D eigenvalue weighted by Gasteiger charge is 2.29. The lowest BCUT2D eigenvalue weighted by atomic mass is 9.86. The summed E-state index contributed by atoms with van der Waals surface area (Å²) in [6.07, 6.45) is 11.8. The number of H-pyrrole nitrogens is 1. The van der Waals surface area contributed by atoms with E-state index in [0.717, 1.165) is 35.7 Å². The first kappa shape index (κ1) is 21.0. The van der Waals surface area contributed by atoms with Crippen LogP contribution in [-0.4, -0.2) is 27.9 Å². The number of benzene rings is 1. The Bertz CT molecular complexity index is 1080. The largest absolute Gasteiger partial charge is 0.373 e. The van der Waals surface area contributed by atoms with Crippen LogP contribution in [0.25, 0.3) is 10.9 Å². The molecule has 2 heterocycles. The van der Waals surface area contributed by atoms with Gasteiger partial charge in [0.25, 0.3) is 0 Å². The summed E-state index contributed by atoms with van der Waals surface area (Å²) in [6.45, 7) is 0. The van der Waals surface area contributed by atoms with Gasteiger partial charge in [-0.25, -0.2) is 9.97 Å². The Morgan fingerprint density at radius 1 is 1.12 bits per heavy atom. The molecule has 2 aliphatic rings. The van der Waals surface area contributed by atoms with Gasteiger partial charge in [-0.2, -0.15) is 0 Å². The number of amides is 1. The predicted octanol–water partition coefficient (Wildman–Crippen LogP) is 5.25. The fourth-order valence-electron chi connectivity index (χ4n) is 4.97. The minimum absolute atomic E-state index is 0.138. The smallest absolute Gasteiger partial charge is 0.220 e. The van der Waals surface area contributed by atoms with Gasteiger partial charge >= 0.3 is 0 Å². The highest BCUT2D eigenvalue weighted by molar-refractivity contribution is 5.83. The maximum atomic E-state index is 13.1. The van der Waals surface area contributed by atoms with Crippen LogP contribution in [-0.2, 0) is 11.2 Å². The number of carbonyl (C=O) groups is 1. The Balaban J connectivity index is 1.42. The number of nitrogens with one attached hydrogen (secondary N) is 3. The number of aromatic amines is 1. The van der Waals surface area contributed by atoms with E-state index in [-0.39, 0.29) is 11.9 Å². The molecule has 168 valence electrons. The van der Waals surface area contributed by atoms with E-state index >= 15 is 0 Å². The molecule has 6 heteroatoms. The molecule has 0 radical (unpaired) electrons. The quantitative estimate of drug-likeness (QED) is 0.455. The van der Waals surface area contributed by atoms with Crippen molar-refractivity contribution in [2.45, 2.75) is 69.7 Å². The van der Waals surface area contributed by atoms with Gasteiger partial charge in [0.05, 0.1) is 11.7 Å². The summed E-state index contributed by atoms with van der Waals surface area (Å²) in [5.74, 6) is 2.82. The number of hydrogen-bond donors (Lipinski definition) is 3. The molecular formula is C26H33N5O. The van der Waals surface area contributed by atoms with Gasteiger partial charge in [0, 0.05) is 49.0 Å². The molecule has 2 fully saturated rings. The number of anilines is 1. The minimum Gasteiger partial charge on any atom is -0.373 e. The van der Waals surface area contributed by atoms with Gasteiger partial charge in [-0.05, 0) is 43.2 Å². The molecule has 1 atom stereocenters. The molecule has 6 nitrogen and oxygen atoms in total. The van der Waals surface area contributed by atoms with Gasteiger partial charge in [-0.15, -0.1) is 0 Å². The molecule has 3 N–H and O–H groups in total. The van der Waals surface area contributed by atoms with Gasteiger partial charge in [-0.1, -0.05) is 37.5 Å². The first-order valence-electron chi connectivity index (χ1n) is 12.1. The van der Waals surface area contributed by atoms with Crippen molar-refractivity contribution in [1.82, 2.24) is 20.3 Å². The number of carbonyl (C=O) groups excluding carboxylic acids is 1. The van der Waals surface area contributed by atoms with Gasteiger partial charge in [0.15, 0.2) is 0 Å². The Kier molecular flexibility index (Phi) is 6.10. The van der Waals surface area contributed by atoms with Crippen LogP contribution in [0.5, 0.6) is 0 Å². The monoisotopic (exact) mass is 431 g/mol. The third-order valence-electron chi connectivity index (χ3n) is 6.95. The lowest BCUT2D eigenvalue weighted by Crippen LogP contribution is -2.32. The Morgan fingerprint density at radius 3 is 2.72 bits per heavy atom. The van der Waals surface area contributed by atoms with Crippen molar-refractivity contribution >= 4 is 22.6 Å². The van der Waals surface area contributed by atoms with Crippen molar-refractivity contribution in [3.63, 3.8) is 0 Å². The molecule has 5 rings (SSSR count). The third kappa shape index (κ3) is 4.79. The summed E-state index contributed by atoms with van der Waals surface area (Å²) in [6, 6.07) is 10.1. The average molecular weight is 432 g/mol. The normalized spacial score (nSPS) is 17.9. The van der Waals surface area contributed by atoms with E-state index in [4.69, 9.17) is 4.98 Å². The van der Waals surface area contributed by atoms with Crippen LogP contribution < -0.4 is 10.6 Å². The number of hydrogen-bond acceptors (Lipinski definition) is 4. The maximum absolute atomic E-state index is 13.1. The fourth-order valence-corrected chi connectivity index (χ4v) is 4.97. The van der Waals surface area contributed by atoms with E-state index in [2.05, 4.69) is 45.0 Å². The number of rotatable bonds is 8. The van der Waals surface area contributed by atoms with Crippen molar-refractivity contribution < 1.29 is 4.79 Å². The summed E-state index contributed by atoms with van der Waals surface area (Å²) >= 11 is 0. The SMILES string of the molecule is CNc1cc([C@H](Cc2c[nH]c3ccccc23)NC(=O)CC2CCCCC2)nc(C2CC2)n1. The first-order chi connectivity index (χ1) is 15.7. The Labute approximate surface area is 189 Å². The van der Waals surface area contributed by atoms with E-state index in [1.165, 1.54) is 43.1 Å². The maximum Gasteiger partial charge on any atom is 0.220 e. The summed E-state index contributed by atoms with van der Waals surface area (Å²) in [4.78, 5) is 26.1. The van der Waals surface area contributed by atoms with Crippen molar-refractivity contribution in [3.8, 4) is 0 Å². The van der Waals surface area contributed by atoms with Crippen LogP contribution in [0, 0.1) is 5.92 Å². The molecule has 2 saturated carbocycles. The summed E-state index contributed by atoms with van der Waals surface area (Å²) in [7, 11) is 1.89. The number of nitrogens with zero attached hydrogens (tertiary/aromatic N) is 2. The summed E-state index contributed by atoms with van der Waals surface area (Å²) in [5, 5.41) is 7.73. The number of aromatic nitrogens is 3. The highest BCUT2D eigenvalue weighted by Crippen LogP contribution is 2.39. The molecule has 2 aliphatic carbocycles. The van der Waals surface area contributed by atoms with Crippen LogP contribution in [0.1, 0.15) is 80.4 Å². The topological polar surface area (TPSA) is 82.7 Å². The molecule has 0 aliphatic heterocycles. The fraction of sp³-hybridized carbons (Fsp3) is 0.500. The molecule has 0 unspecified atom stereocenters. The second-order valence-corrected chi connectivity index (χ2v) is 9.45. The van der Waals surface area contributed by atoms with Gasteiger partial charge in [-0.3, -0.25) is 4.79 Å². The summed E-state index contributed by atoms with van der Waals surface area (Å²) < 4.78 is 0. The predicted molar refractivity (Wildman–Crippen MR) is 128 cm³/mol. The molecule has 0 bridgehead atoms. The van der Waals surface area contributed by atoms with Gasteiger partial charge in [0.1, 0.15) is 11.6 Å². The molecular weight excluding hydrogens is 398 g/mol. The average Bonchev–Trinajstić information content (AvgIpc) is 3.60. The molecule has 1 aromatic carbocycles. The number of fused-ring (bicyclic) bond motifs is 1. The summed E-state index contributed by atoms with van der Waals surface area (Å²) in [5.41, 5.74) is 3.21. The van der Waals surface area contributed by atoms with Crippen LogP contribution >= 0.6 is 0 Å². The van der Waals surface area contributed by atoms with Crippen molar-refractivity contribution in [2.75, 3.05) is 12.4 Å². The molecule has 0 saturated heterocycles. The van der Waals surface area contributed by atoms with Crippen LogP contribution in [0.3, 0.4) is 0 Å². The van der Waals surface area contributed by atoms with Crippen molar-refractivity contribution in [3.05, 3.63) is 53.6 Å². The van der Waals surface area contributed by atoms with E-state index in [9.17, 15) is 4.79 Å². The lowest BCUT2D eigenvalue weighted by Gasteiger charge is -2.24. The molecule has 0 spiro atoms. The van der Waals surface area contributed by atoms with E-state index in [1.807, 2.05) is 19.2 Å². The second kappa shape index (κ2) is 9.31. The van der Waals surface area contributed by atoms with E-state index in [1.54, 1.807) is 0 Å². The highest BCUT2D eigenvalue weighted by atomic mass is 16.1. The molecule has 3 aromatic rings. The number of para-hydroxylation sites is 1. The standard InChI is InChI=1S/C26H33N5O/c1-27-24-15-23(30-26(31-24)18-11-12-18)22(29-25(32)13-17-7-3-2-4-8-17)14-19-16-28-21-10-6-5-9-20(19)21/h5-6,9-10,15-18,22,28H,2-4,7-8,11-14H2,1H3,(H,29,32)(H,27,30,31)/t22-/m0/s1. The van der Waals surface area contributed by atoms with Gasteiger partial charge in [0.2, 0.25) is 5.91 Å². The molecule has 2 aromatic heterocycles. The van der Waals surface area contributed by atoms with Crippen LogP contribution in [0.4, 0.5) is 5.82 Å². The lowest BCUT2D eigenvalue weighted by molar-refractivity contribution is -0.123. The van der Waals surface area contributed by atoms with Crippen molar-refractivity contribution in [2.24, 2.45) is 5.92 Å². The van der Waals surface area contributed by atoms with Crippen LogP contribution in [0.2, 0.25) is 0 Å². The second-order valence-electron chi connectivity index (χ2n) is 9.45. The third-order valence-corrected chi connectivity index (χ3v) is 6.95. The zero-order valence-corrected chi connectivity index (χ0v) is 18.9. The Hall–Kier alpha value is -2.89. The first-order valence-corrected chi connectivity index (χ1v) is 12.1. The van der Waals surface area contributed by atoms with E-state index in [0.29, 0.717) is 24.7 Å². The molecule has 32 heavy (non-hydrogen) atoms. The Morgan fingerprint density at radius 2 is 1.94 bits per heavy atom. The molecule has 1 amide bonds. The zero-order chi connectivity index (χ0) is 21.9. The minimum atomic E-state index is -0.183. The van der Waals surface area contributed by atoms with Gasteiger partial charge < -0.3 is 15.6 Å². The van der Waals surface area contributed by atoms with Crippen LogP contribution in [0.15, 0.2) is 36.5 Å². The zero-order valence-electron chi connectivity index (χ0n) is 18.9. The van der Waals surface area contributed by atoms with Crippen molar-refractivity contribution in [1.29, 1.82) is 0 Å².